The molecule has 132 valence electrons. The van der Waals surface area contributed by atoms with E-state index in [9.17, 15) is 13.6 Å². The number of benzene rings is 3. The van der Waals surface area contributed by atoms with Crippen LogP contribution in [0.15, 0.2) is 77.6 Å². The summed E-state index contributed by atoms with van der Waals surface area (Å²) in [4.78, 5) is 17.6. The number of halogens is 2. The quantitative estimate of drug-likeness (QED) is 0.524. The molecule has 0 fully saturated rings. The molecule has 1 heterocycles. The molecule has 1 aromatic heterocycles. The van der Waals surface area contributed by atoms with Gasteiger partial charge in [-0.05, 0) is 54.1 Å². The Morgan fingerprint density at radius 1 is 0.815 bits per heavy atom. The molecule has 0 aliphatic heterocycles. The lowest BCUT2D eigenvalue weighted by atomic mass is 10.2. The molecule has 3 nitrogen and oxygen atoms in total. The van der Waals surface area contributed by atoms with Crippen molar-refractivity contribution in [2.45, 2.75) is 0 Å². The molecule has 0 unspecified atom stereocenters. The molecule has 0 aliphatic carbocycles. The maximum atomic E-state index is 13.7. The van der Waals surface area contributed by atoms with Crippen LogP contribution >= 0.6 is 0 Å². The molecule has 0 spiro atoms. The minimum Gasteiger partial charge on any atom is -0.268 e. The van der Waals surface area contributed by atoms with Crippen molar-refractivity contribution in [2.24, 2.45) is 0 Å². The average molecular weight is 360 g/mol. The van der Waals surface area contributed by atoms with Crippen molar-refractivity contribution >= 4 is 23.1 Å². The second kappa shape index (κ2) is 6.96. The van der Waals surface area contributed by atoms with Gasteiger partial charge in [0.05, 0.1) is 16.6 Å². The Balaban J connectivity index is 1.93. The zero-order valence-electron chi connectivity index (χ0n) is 14.1. The second-order valence-corrected chi connectivity index (χ2v) is 5.99. The van der Waals surface area contributed by atoms with Crippen LogP contribution in [0.5, 0.6) is 0 Å². The van der Waals surface area contributed by atoms with Crippen molar-refractivity contribution in [3.8, 4) is 5.69 Å². The van der Waals surface area contributed by atoms with Gasteiger partial charge in [-0.2, -0.15) is 0 Å². The van der Waals surface area contributed by atoms with E-state index < -0.39 is 5.82 Å². The van der Waals surface area contributed by atoms with Crippen LogP contribution in [0.3, 0.4) is 0 Å². The van der Waals surface area contributed by atoms with Gasteiger partial charge in [0.2, 0.25) is 0 Å². The van der Waals surface area contributed by atoms with Crippen LogP contribution in [0.25, 0.3) is 28.7 Å². The van der Waals surface area contributed by atoms with Crippen molar-refractivity contribution in [1.82, 2.24) is 9.55 Å². The minimum atomic E-state index is -0.443. The molecule has 3 aromatic carbocycles. The summed E-state index contributed by atoms with van der Waals surface area (Å²) in [5, 5.41) is 0.445. The summed E-state index contributed by atoms with van der Waals surface area (Å²) in [5.74, 6) is -0.415. The van der Waals surface area contributed by atoms with Gasteiger partial charge in [-0.1, -0.05) is 36.4 Å². The van der Waals surface area contributed by atoms with Crippen molar-refractivity contribution in [3.05, 3.63) is 106 Å². The zero-order valence-corrected chi connectivity index (χ0v) is 14.1. The molecule has 0 saturated heterocycles. The summed E-state index contributed by atoms with van der Waals surface area (Å²) in [6.45, 7) is 0. The van der Waals surface area contributed by atoms with E-state index in [0.717, 1.165) is 5.56 Å². The topological polar surface area (TPSA) is 34.9 Å². The number of rotatable bonds is 3. The van der Waals surface area contributed by atoms with Crippen molar-refractivity contribution < 1.29 is 8.78 Å². The summed E-state index contributed by atoms with van der Waals surface area (Å²) in [7, 11) is 0. The predicted molar refractivity (Wildman–Crippen MR) is 103 cm³/mol. The van der Waals surface area contributed by atoms with E-state index in [1.54, 1.807) is 60.7 Å². The number of nitrogens with zero attached hydrogens (tertiary/aromatic N) is 2. The lowest BCUT2D eigenvalue weighted by Gasteiger charge is -2.11. The van der Waals surface area contributed by atoms with Gasteiger partial charge in [0, 0.05) is 0 Å². The van der Waals surface area contributed by atoms with Crippen LogP contribution in [-0.4, -0.2) is 9.55 Å². The van der Waals surface area contributed by atoms with Gasteiger partial charge in [0.15, 0.2) is 0 Å². The molecule has 0 saturated carbocycles. The van der Waals surface area contributed by atoms with E-state index >= 15 is 0 Å². The Kier molecular flexibility index (Phi) is 4.34. The molecule has 0 N–H and O–H groups in total. The maximum Gasteiger partial charge on any atom is 0.266 e. The SMILES string of the molecule is O=c1c2ccccc2nc(C=Cc2ccc(F)cc2)n1-c1cccc(F)c1. The Hall–Kier alpha value is -3.60. The second-order valence-electron chi connectivity index (χ2n) is 5.99. The lowest BCUT2D eigenvalue weighted by Crippen LogP contribution is -2.22. The third-order valence-electron chi connectivity index (χ3n) is 4.16. The first-order valence-electron chi connectivity index (χ1n) is 8.33. The van der Waals surface area contributed by atoms with Crippen molar-refractivity contribution in [2.75, 3.05) is 0 Å². The molecule has 5 heteroatoms. The highest BCUT2D eigenvalue weighted by molar-refractivity contribution is 5.80. The standard InChI is InChI=1S/C22H14F2N2O/c23-16-11-8-15(9-12-16)10-13-21-25-20-7-2-1-6-19(20)22(27)26(21)18-5-3-4-17(24)14-18/h1-14H. The Labute approximate surface area is 153 Å². The van der Waals surface area contributed by atoms with E-state index in [4.69, 9.17) is 0 Å². The van der Waals surface area contributed by atoms with Crippen LogP contribution in [-0.2, 0) is 0 Å². The van der Waals surface area contributed by atoms with Crippen LogP contribution in [0.4, 0.5) is 8.78 Å². The smallest absolute Gasteiger partial charge is 0.266 e. The number of hydrogen-bond acceptors (Lipinski definition) is 2. The third-order valence-corrected chi connectivity index (χ3v) is 4.16. The molecular formula is C22H14F2N2O. The molecule has 4 rings (SSSR count). The summed E-state index contributed by atoms with van der Waals surface area (Å²) in [6, 6.07) is 18.7. The van der Waals surface area contributed by atoms with Crippen LogP contribution in [0, 0.1) is 11.6 Å². The Bertz CT molecular complexity index is 1210. The van der Waals surface area contributed by atoms with E-state index in [1.165, 1.54) is 28.8 Å². The minimum absolute atomic E-state index is 0.287. The van der Waals surface area contributed by atoms with Gasteiger partial charge < -0.3 is 0 Å². The highest BCUT2D eigenvalue weighted by Crippen LogP contribution is 2.16. The Morgan fingerprint density at radius 3 is 2.37 bits per heavy atom. The summed E-state index contributed by atoms with van der Waals surface area (Å²) in [6.07, 6.45) is 3.39. The first kappa shape index (κ1) is 16.8. The number of para-hydroxylation sites is 1. The van der Waals surface area contributed by atoms with Gasteiger partial charge in [-0.25, -0.2) is 13.8 Å². The fraction of sp³-hybridized carbons (Fsp3) is 0. The van der Waals surface area contributed by atoms with Gasteiger partial charge in [0.25, 0.3) is 5.56 Å². The monoisotopic (exact) mass is 360 g/mol. The summed E-state index contributed by atoms with van der Waals surface area (Å²) < 4.78 is 28.2. The summed E-state index contributed by atoms with van der Waals surface area (Å²) >= 11 is 0. The molecule has 0 atom stereocenters. The van der Waals surface area contributed by atoms with E-state index in [1.807, 2.05) is 0 Å². The number of aromatic nitrogens is 2. The van der Waals surface area contributed by atoms with Gasteiger partial charge in [-0.3, -0.25) is 9.36 Å². The van der Waals surface area contributed by atoms with Gasteiger partial charge in [-0.15, -0.1) is 0 Å². The highest BCUT2D eigenvalue weighted by Gasteiger charge is 2.11. The fourth-order valence-corrected chi connectivity index (χ4v) is 2.87. The number of fused-ring (bicyclic) bond motifs is 1. The highest BCUT2D eigenvalue weighted by atomic mass is 19.1. The molecule has 0 radical (unpaired) electrons. The van der Waals surface area contributed by atoms with Crippen LogP contribution < -0.4 is 5.56 Å². The fourth-order valence-electron chi connectivity index (χ4n) is 2.87. The van der Waals surface area contributed by atoms with Crippen LogP contribution in [0.1, 0.15) is 11.4 Å². The molecule has 0 bridgehead atoms. The first-order chi connectivity index (χ1) is 13.1. The molecule has 4 aromatic rings. The normalized spacial score (nSPS) is 11.3. The lowest BCUT2D eigenvalue weighted by molar-refractivity contribution is 0.626. The molecule has 0 amide bonds. The van der Waals surface area contributed by atoms with Gasteiger partial charge >= 0.3 is 0 Å². The number of hydrogen-bond donors (Lipinski definition) is 0. The first-order valence-corrected chi connectivity index (χ1v) is 8.33. The van der Waals surface area contributed by atoms with E-state index in [0.29, 0.717) is 22.4 Å². The molecule has 27 heavy (non-hydrogen) atoms. The van der Waals surface area contributed by atoms with Gasteiger partial charge in [0.1, 0.15) is 17.5 Å². The third kappa shape index (κ3) is 3.40. The Morgan fingerprint density at radius 2 is 1.59 bits per heavy atom. The van der Waals surface area contributed by atoms with Crippen molar-refractivity contribution in [3.63, 3.8) is 0 Å². The van der Waals surface area contributed by atoms with Crippen molar-refractivity contribution in [1.29, 1.82) is 0 Å². The molecular weight excluding hydrogens is 346 g/mol. The summed E-state index contributed by atoms with van der Waals surface area (Å²) in [5.41, 5.74) is 1.40. The van der Waals surface area contributed by atoms with E-state index in [2.05, 4.69) is 4.98 Å². The average Bonchev–Trinajstić information content (AvgIpc) is 2.68. The van der Waals surface area contributed by atoms with E-state index in [-0.39, 0.29) is 11.4 Å². The largest absolute Gasteiger partial charge is 0.268 e. The zero-order chi connectivity index (χ0) is 18.8. The molecule has 0 aliphatic rings. The predicted octanol–water partition coefficient (Wildman–Crippen LogP) is 4.83. The van der Waals surface area contributed by atoms with Crippen LogP contribution in [0.2, 0.25) is 0 Å². The maximum absolute atomic E-state index is 13.7.